The summed E-state index contributed by atoms with van der Waals surface area (Å²) in [6.45, 7) is 7.61. The summed E-state index contributed by atoms with van der Waals surface area (Å²) in [6.07, 6.45) is 0.870. The van der Waals surface area contributed by atoms with Crippen molar-refractivity contribution in [2.24, 2.45) is 5.92 Å². The van der Waals surface area contributed by atoms with Crippen LogP contribution in [0, 0.1) is 19.8 Å². The van der Waals surface area contributed by atoms with Crippen molar-refractivity contribution in [2.75, 3.05) is 0 Å². The number of aromatic nitrogens is 4. The lowest BCUT2D eigenvalue weighted by molar-refractivity contribution is -0.121. The topological polar surface area (TPSA) is 104 Å². The van der Waals surface area contributed by atoms with E-state index in [1.807, 2.05) is 24.3 Å². The predicted octanol–water partition coefficient (Wildman–Crippen LogP) is 2.71. The SMILES string of the molecule is CCC(C)C(NC(=O)Cc1c(C)nc(C)[nH]c1=O)c1nc2ccccc2[nH]1. The van der Waals surface area contributed by atoms with Crippen molar-refractivity contribution in [3.8, 4) is 0 Å². The number of H-pyrrole nitrogens is 2. The van der Waals surface area contributed by atoms with Crippen molar-refractivity contribution in [3.63, 3.8) is 0 Å². The first-order chi connectivity index (χ1) is 12.9. The summed E-state index contributed by atoms with van der Waals surface area (Å²) >= 11 is 0. The van der Waals surface area contributed by atoms with Crippen LogP contribution in [0.3, 0.4) is 0 Å². The molecule has 27 heavy (non-hydrogen) atoms. The van der Waals surface area contributed by atoms with E-state index >= 15 is 0 Å². The zero-order valence-electron chi connectivity index (χ0n) is 16.1. The highest BCUT2D eigenvalue weighted by Gasteiger charge is 2.24. The molecule has 0 spiro atoms. The normalized spacial score (nSPS) is 13.5. The Morgan fingerprint density at radius 3 is 2.59 bits per heavy atom. The number of rotatable bonds is 6. The zero-order chi connectivity index (χ0) is 19.6. The smallest absolute Gasteiger partial charge is 0.254 e. The summed E-state index contributed by atoms with van der Waals surface area (Å²) in [6, 6.07) is 7.52. The molecule has 3 N–H and O–H groups in total. The first-order valence-electron chi connectivity index (χ1n) is 9.19. The largest absolute Gasteiger partial charge is 0.346 e. The van der Waals surface area contributed by atoms with Gasteiger partial charge in [-0.1, -0.05) is 32.4 Å². The van der Waals surface area contributed by atoms with Crippen molar-refractivity contribution < 1.29 is 4.79 Å². The van der Waals surface area contributed by atoms with Gasteiger partial charge < -0.3 is 15.3 Å². The molecular formula is C20H25N5O2. The van der Waals surface area contributed by atoms with Crippen molar-refractivity contribution >= 4 is 16.9 Å². The number of fused-ring (bicyclic) bond motifs is 1. The molecule has 1 amide bonds. The van der Waals surface area contributed by atoms with Crippen LogP contribution in [-0.2, 0) is 11.2 Å². The minimum absolute atomic E-state index is 0.0123. The summed E-state index contributed by atoms with van der Waals surface area (Å²) in [5.74, 6) is 1.23. The molecule has 2 unspecified atom stereocenters. The molecule has 0 aliphatic carbocycles. The Morgan fingerprint density at radius 1 is 1.19 bits per heavy atom. The van der Waals surface area contributed by atoms with Gasteiger partial charge >= 0.3 is 0 Å². The number of hydrogen-bond donors (Lipinski definition) is 3. The van der Waals surface area contributed by atoms with Gasteiger partial charge in [0.05, 0.1) is 23.5 Å². The van der Waals surface area contributed by atoms with E-state index in [0.717, 1.165) is 23.3 Å². The van der Waals surface area contributed by atoms with Gasteiger partial charge in [-0.2, -0.15) is 0 Å². The number of imidazole rings is 1. The minimum atomic E-state index is -0.265. The van der Waals surface area contributed by atoms with Gasteiger partial charge in [0.2, 0.25) is 5.91 Å². The Balaban J connectivity index is 1.84. The van der Waals surface area contributed by atoms with Crippen LogP contribution < -0.4 is 10.9 Å². The second kappa shape index (κ2) is 7.73. The maximum atomic E-state index is 12.7. The number of para-hydroxylation sites is 2. The number of nitrogens with one attached hydrogen (secondary N) is 3. The van der Waals surface area contributed by atoms with E-state index in [2.05, 4.69) is 39.1 Å². The molecule has 2 atom stereocenters. The van der Waals surface area contributed by atoms with Gasteiger partial charge in [0.1, 0.15) is 11.6 Å². The lowest BCUT2D eigenvalue weighted by Crippen LogP contribution is -2.35. The molecule has 7 nitrogen and oxygen atoms in total. The van der Waals surface area contributed by atoms with Crippen molar-refractivity contribution in [3.05, 3.63) is 57.5 Å². The number of carbonyl (C=O) groups excluding carboxylic acids is 1. The van der Waals surface area contributed by atoms with Crippen molar-refractivity contribution in [1.29, 1.82) is 0 Å². The van der Waals surface area contributed by atoms with E-state index in [1.54, 1.807) is 13.8 Å². The number of aryl methyl sites for hydroxylation is 2. The lowest BCUT2D eigenvalue weighted by Gasteiger charge is -2.22. The van der Waals surface area contributed by atoms with Crippen LogP contribution in [-0.4, -0.2) is 25.8 Å². The third-order valence-corrected chi connectivity index (χ3v) is 4.91. The monoisotopic (exact) mass is 367 g/mol. The van der Waals surface area contributed by atoms with Crippen molar-refractivity contribution in [2.45, 2.75) is 46.6 Å². The fourth-order valence-corrected chi connectivity index (χ4v) is 3.18. The summed E-state index contributed by atoms with van der Waals surface area (Å²) in [4.78, 5) is 39.7. The molecule has 7 heteroatoms. The van der Waals surface area contributed by atoms with Gasteiger partial charge in [0, 0.05) is 11.3 Å². The third-order valence-electron chi connectivity index (χ3n) is 4.91. The first-order valence-corrected chi connectivity index (χ1v) is 9.19. The number of amides is 1. The highest BCUT2D eigenvalue weighted by molar-refractivity contribution is 5.79. The quantitative estimate of drug-likeness (QED) is 0.623. The van der Waals surface area contributed by atoms with Crippen LogP contribution in [0.1, 0.15) is 49.2 Å². The number of carbonyl (C=O) groups is 1. The molecule has 0 aliphatic heterocycles. The second-order valence-corrected chi connectivity index (χ2v) is 6.96. The molecule has 0 bridgehead atoms. The highest BCUT2D eigenvalue weighted by Crippen LogP contribution is 2.24. The molecule has 2 aromatic heterocycles. The molecule has 3 rings (SSSR count). The minimum Gasteiger partial charge on any atom is -0.346 e. The molecule has 142 valence electrons. The molecule has 1 aromatic carbocycles. The van der Waals surface area contributed by atoms with Crippen LogP contribution in [0.4, 0.5) is 0 Å². The molecule has 0 fully saturated rings. The standard InChI is InChI=1S/C20H25N5O2/c1-5-11(2)18(19-23-15-8-6-7-9-16(15)24-19)25-17(26)10-14-12(3)21-13(4)22-20(14)27/h6-9,11,18H,5,10H2,1-4H3,(H,23,24)(H,25,26)(H,21,22,27). The number of hydrogen-bond acceptors (Lipinski definition) is 4. The summed E-state index contributed by atoms with van der Waals surface area (Å²) in [5.41, 5.74) is 2.51. The van der Waals surface area contributed by atoms with E-state index in [-0.39, 0.29) is 29.8 Å². The molecule has 0 aliphatic rings. The molecule has 0 saturated carbocycles. The van der Waals surface area contributed by atoms with Gasteiger partial charge in [-0.15, -0.1) is 0 Å². The Bertz CT molecular complexity index is 988. The average molecular weight is 367 g/mol. The van der Waals surface area contributed by atoms with Crippen LogP contribution >= 0.6 is 0 Å². The number of nitrogens with zero attached hydrogens (tertiary/aromatic N) is 2. The van der Waals surface area contributed by atoms with Gasteiger partial charge in [-0.25, -0.2) is 9.97 Å². The fraction of sp³-hybridized carbons (Fsp3) is 0.400. The van der Waals surface area contributed by atoms with Gasteiger partial charge in [-0.3, -0.25) is 9.59 Å². The summed E-state index contributed by atoms with van der Waals surface area (Å²) in [7, 11) is 0. The fourth-order valence-electron chi connectivity index (χ4n) is 3.18. The van der Waals surface area contributed by atoms with Gasteiger partial charge in [-0.05, 0) is 31.9 Å². The molecule has 3 aromatic rings. The number of benzene rings is 1. The van der Waals surface area contributed by atoms with Crippen LogP contribution in [0.2, 0.25) is 0 Å². The van der Waals surface area contributed by atoms with E-state index in [9.17, 15) is 9.59 Å². The van der Waals surface area contributed by atoms with Crippen LogP contribution in [0.5, 0.6) is 0 Å². The van der Waals surface area contributed by atoms with Crippen LogP contribution in [0.15, 0.2) is 29.1 Å². The van der Waals surface area contributed by atoms with Crippen LogP contribution in [0.25, 0.3) is 11.0 Å². The molecular weight excluding hydrogens is 342 g/mol. The van der Waals surface area contributed by atoms with E-state index < -0.39 is 0 Å². The Labute approximate surface area is 157 Å². The number of aromatic amines is 2. The zero-order valence-corrected chi connectivity index (χ0v) is 16.1. The first kappa shape index (κ1) is 18.8. The highest BCUT2D eigenvalue weighted by atomic mass is 16.2. The molecule has 0 saturated heterocycles. The molecule has 0 radical (unpaired) electrons. The Kier molecular flexibility index (Phi) is 5.39. The van der Waals surface area contributed by atoms with E-state index in [4.69, 9.17) is 0 Å². The third kappa shape index (κ3) is 4.07. The molecule has 2 heterocycles. The Morgan fingerprint density at radius 2 is 1.93 bits per heavy atom. The Hall–Kier alpha value is -2.96. The van der Waals surface area contributed by atoms with E-state index in [0.29, 0.717) is 17.1 Å². The van der Waals surface area contributed by atoms with Gasteiger partial charge in [0.25, 0.3) is 5.56 Å². The maximum absolute atomic E-state index is 12.7. The maximum Gasteiger partial charge on any atom is 0.254 e. The summed E-state index contributed by atoms with van der Waals surface area (Å²) < 4.78 is 0. The predicted molar refractivity (Wildman–Crippen MR) is 104 cm³/mol. The van der Waals surface area contributed by atoms with Crippen molar-refractivity contribution in [1.82, 2.24) is 25.3 Å². The lowest BCUT2D eigenvalue weighted by atomic mass is 9.98. The second-order valence-electron chi connectivity index (χ2n) is 6.96. The average Bonchev–Trinajstić information content (AvgIpc) is 3.05. The summed E-state index contributed by atoms with van der Waals surface area (Å²) in [5, 5.41) is 3.05. The van der Waals surface area contributed by atoms with E-state index in [1.165, 1.54) is 0 Å². The van der Waals surface area contributed by atoms with Gasteiger partial charge in [0.15, 0.2) is 0 Å².